The van der Waals surface area contributed by atoms with Crippen LogP contribution in [0.4, 0.5) is 4.79 Å². The second kappa shape index (κ2) is 8.82. The Morgan fingerprint density at radius 3 is 2.59 bits per heavy atom. The van der Waals surface area contributed by atoms with Crippen LogP contribution in [0.5, 0.6) is 0 Å². The van der Waals surface area contributed by atoms with E-state index in [1.54, 1.807) is 6.20 Å². The molecule has 1 aromatic heterocycles. The molecule has 2 amide bonds. The van der Waals surface area contributed by atoms with E-state index in [4.69, 9.17) is 0 Å². The first-order valence-electron chi connectivity index (χ1n) is 7.71. The van der Waals surface area contributed by atoms with Gasteiger partial charge < -0.3 is 10.6 Å². The molecule has 0 radical (unpaired) electrons. The number of aromatic nitrogens is 1. The molecule has 22 heavy (non-hydrogen) atoms. The molecule has 2 aromatic rings. The van der Waals surface area contributed by atoms with Gasteiger partial charge in [0.1, 0.15) is 0 Å². The maximum Gasteiger partial charge on any atom is 0.315 e. The standard InChI is InChI=1S/C18H23N3O/c1-15(9-10-16-6-3-2-4-7-16)21-18(22)20-13-11-17-8-5-12-19-14-17/h2-8,12,14-15H,9-11,13H2,1H3,(H2,20,21,22)/t15-/m0/s1. The van der Waals surface area contributed by atoms with Crippen LogP contribution in [0, 0.1) is 0 Å². The smallest absolute Gasteiger partial charge is 0.315 e. The lowest BCUT2D eigenvalue weighted by atomic mass is 10.1. The van der Waals surface area contributed by atoms with E-state index in [1.807, 2.05) is 43.5 Å². The minimum atomic E-state index is -0.107. The van der Waals surface area contributed by atoms with Gasteiger partial charge in [-0.2, -0.15) is 0 Å². The summed E-state index contributed by atoms with van der Waals surface area (Å²) in [6.45, 7) is 2.65. The summed E-state index contributed by atoms with van der Waals surface area (Å²) in [5.41, 5.74) is 2.42. The van der Waals surface area contributed by atoms with Gasteiger partial charge in [0.2, 0.25) is 0 Å². The maximum absolute atomic E-state index is 11.8. The molecule has 4 nitrogen and oxygen atoms in total. The molecule has 0 aliphatic rings. The van der Waals surface area contributed by atoms with Crippen LogP contribution in [-0.2, 0) is 12.8 Å². The predicted molar refractivity (Wildman–Crippen MR) is 88.7 cm³/mol. The Morgan fingerprint density at radius 1 is 1.09 bits per heavy atom. The third kappa shape index (κ3) is 5.95. The molecule has 0 aliphatic carbocycles. The zero-order chi connectivity index (χ0) is 15.6. The van der Waals surface area contributed by atoms with Crippen molar-refractivity contribution in [3.05, 3.63) is 66.0 Å². The van der Waals surface area contributed by atoms with E-state index < -0.39 is 0 Å². The first-order chi connectivity index (χ1) is 10.7. The number of nitrogens with zero attached hydrogens (tertiary/aromatic N) is 1. The SMILES string of the molecule is C[C@@H](CCc1ccccc1)NC(=O)NCCc1cccnc1. The summed E-state index contributed by atoms with van der Waals surface area (Å²) in [4.78, 5) is 15.9. The molecule has 2 N–H and O–H groups in total. The Kier molecular flexibility index (Phi) is 6.42. The molecule has 0 aliphatic heterocycles. The van der Waals surface area contributed by atoms with Gasteiger partial charge in [-0.15, -0.1) is 0 Å². The zero-order valence-electron chi connectivity index (χ0n) is 13.0. The maximum atomic E-state index is 11.8. The Labute approximate surface area is 132 Å². The third-order valence-electron chi connectivity index (χ3n) is 3.51. The van der Waals surface area contributed by atoms with Gasteiger partial charge >= 0.3 is 6.03 Å². The van der Waals surface area contributed by atoms with Crippen LogP contribution < -0.4 is 10.6 Å². The molecule has 0 bridgehead atoms. The van der Waals surface area contributed by atoms with Gasteiger partial charge in [0, 0.05) is 25.0 Å². The lowest BCUT2D eigenvalue weighted by Gasteiger charge is -2.14. The third-order valence-corrected chi connectivity index (χ3v) is 3.51. The second-order valence-corrected chi connectivity index (χ2v) is 5.44. The monoisotopic (exact) mass is 297 g/mol. The number of carbonyl (C=O) groups is 1. The van der Waals surface area contributed by atoms with E-state index in [1.165, 1.54) is 5.56 Å². The minimum Gasteiger partial charge on any atom is -0.338 e. The van der Waals surface area contributed by atoms with Gasteiger partial charge in [-0.05, 0) is 43.4 Å². The number of aryl methyl sites for hydroxylation is 1. The predicted octanol–water partition coefficient (Wildman–Crippen LogP) is 2.94. The number of pyridine rings is 1. The van der Waals surface area contributed by atoms with Gasteiger partial charge in [0.15, 0.2) is 0 Å². The molecule has 1 aromatic carbocycles. The fourth-order valence-corrected chi connectivity index (χ4v) is 2.24. The van der Waals surface area contributed by atoms with Crippen LogP contribution in [0.25, 0.3) is 0 Å². The molecular formula is C18H23N3O. The van der Waals surface area contributed by atoms with Crippen molar-refractivity contribution in [1.82, 2.24) is 15.6 Å². The van der Waals surface area contributed by atoms with Crippen LogP contribution in [0.2, 0.25) is 0 Å². The van der Waals surface area contributed by atoms with Crippen LogP contribution in [0.15, 0.2) is 54.9 Å². The summed E-state index contributed by atoms with van der Waals surface area (Å²) in [5, 5.41) is 5.85. The fraction of sp³-hybridized carbons (Fsp3) is 0.333. The summed E-state index contributed by atoms with van der Waals surface area (Å²) in [5.74, 6) is 0. The van der Waals surface area contributed by atoms with E-state index in [0.717, 1.165) is 24.8 Å². The molecule has 2 rings (SSSR count). The van der Waals surface area contributed by atoms with Crippen LogP contribution >= 0.6 is 0 Å². The van der Waals surface area contributed by atoms with Crippen molar-refractivity contribution >= 4 is 6.03 Å². The van der Waals surface area contributed by atoms with Crippen molar-refractivity contribution in [2.24, 2.45) is 0 Å². The highest BCUT2D eigenvalue weighted by Gasteiger charge is 2.06. The molecule has 0 spiro atoms. The summed E-state index contributed by atoms with van der Waals surface area (Å²) in [6.07, 6.45) is 6.26. The normalized spacial score (nSPS) is 11.7. The average Bonchev–Trinajstić information content (AvgIpc) is 2.55. The number of amides is 2. The number of nitrogens with one attached hydrogen (secondary N) is 2. The number of urea groups is 1. The van der Waals surface area contributed by atoms with Gasteiger partial charge in [0.25, 0.3) is 0 Å². The Morgan fingerprint density at radius 2 is 1.86 bits per heavy atom. The number of hydrogen-bond donors (Lipinski definition) is 2. The highest BCUT2D eigenvalue weighted by Crippen LogP contribution is 2.04. The lowest BCUT2D eigenvalue weighted by Crippen LogP contribution is -2.41. The summed E-state index contributed by atoms with van der Waals surface area (Å²) < 4.78 is 0. The Hall–Kier alpha value is -2.36. The molecular weight excluding hydrogens is 274 g/mol. The van der Waals surface area contributed by atoms with Gasteiger partial charge in [-0.1, -0.05) is 36.4 Å². The van der Waals surface area contributed by atoms with E-state index in [-0.39, 0.29) is 12.1 Å². The zero-order valence-corrected chi connectivity index (χ0v) is 13.0. The Bertz CT molecular complexity index is 557. The van der Waals surface area contributed by atoms with Crippen molar-refractivity contribution in [2.45, 2.75) is 32.2 Å². The van der Waals surface area contributed by atoms with E-state index >= 15 is 0 Å². The van der Waals surface area contributed by atoms with Crippen molar-refractivity contribution in [1.29, 1.82) is 0 Å². The first-order valence-corrected chi connectivity index (χ1v) is 7.71. The number of rotatable bonds is 7. The first kappa shape index (κ1) is 16.0. The molecule has 0 saturated heterocycles. The summed E-state index contributed by atoms with van der Waals surface area (Å²) in [7, 11) is 0. The highest BCUT2D eigenvalue weighted by molar-refractivity contribution is 5.74. The van der Waals surface area contributed by atoms with Gasteiger partial charge in [0.05, 0.1) is 0 Å². The fourth-order valence-electron chi connectivity index (χ4n) is 2.24. The van der Waals surface area contributed by atoms with Crippen LogP contribution in [-0.4, -0.2) is 23.6 Å². The Balaban J connectivity index is 1.62. The summed E-state index contributed by atoms with van der Waals surface area (Å²) >= 11 is 0. The molecule has 0 saturated carbocycles. The van der Waals surface area contributed by atoms with E-state index in [2.05, 4.69) is 27.8 Å². The van der Waals surface area contributed by atoms with Crippen LogP contribution in [0.1, 0.15) is 24.5 Å². The number of carbonyl (C=O) groups excluding carboxylic acids is 1. The molecule has 1 atom stereocenters. The average molecular weight is 297 g/mol. The van der Waals surface area contributed by atoms with Crippen molar-refractivity contribution < 1.29 is 4.79 Å². The molecule has 4 heteroatoms. The molecule has 1 heterocycles. The lowest BCUT2D eigenvalue weighted by molar-refractivity contribution is 0.237. The van der Waals surface area contributed by atoms with Crippen LogP contribution in [0.3, 0.4) is 0 Å². The molecule has 116 valence electrons. The number of hydrogen-bond acceptors (Lipinski definition) is 2. The van der Waals surface area contributed by atoms with E-state index in [0.29, 0.717) is 6.54 Å². The topological polar surface area (TPSA) is 54.0 Å². The molecule has 0 unspecified atom stereocenters. The van der Waals surface area contributed by atoms with Crippen molar-refractivity contribution in [3.63, 3.8) is 0 Å². The van der Waals surface area contributed by atoms with Gasteiger partial charge in [-0.25, -0.2) is 4.79 Å². The molecule has 0 fully saturated rings. The largest absolute Gasteiger partial charge is 0.338 e. The highest BCUT2D eigenvalue weighted by atomic mass is 16.2. The minimum absolute atomic E-state index is 0.107. The number of benzene rings is 1. The van der Waals surface area contributed by atoms with Crippen molar-refractivity contribution in [3.8, 4) is 0 Å². The second-order valence-electron chi connectivity index (χ2n) is 5.44. The van der Waals surface area contributed by atoms with Crippen molar-refractivity contribution in [2.75, 3.05) is 6.54 Å². The summed E-state index contributed by atoms with van der Waals surface area (Å²) in [6, 6.07) is 14.3. The van der Waals surface area contributed by atoms with E-state index in [9.17, 15) is 4.79 Å². The van der Waals surface area contributed by atoms with Gasteiger partial charge in [-0.3, -0.25) is 4.98 Å². The quantitative estimate of drug-likeness (QED) is 0.825.